The monoisotopic (exact) mass is 420 g/mol. The van der Waals surface area contributed by atoms with Gasteiger partial charge in [0.05, 0.1) is 26.9 Å². The van der Waals surface area contributed by atoms with Crippen molar-refractivity contribution in [1.29, 1.82) is 0 Å². The Labute approximate surface area is 174 Å². The lowest BCUT2D eigenvalue weighted by Gasteiger charge is -2.31. The predicted octanol–water partition coefficient (Wildman–Crippen LogP) is 4.26. The summed E-state index contributed by atoms with van der Waals surface area (Å²) in [5.74, 6) is 0.261. The smallest absolute Gasteiger partial charge is 0.315 e. The summed E-state index contributed by atoms with van der Waals surface area (Å²) >= 11 is 0. The number of ether oxygens (including phenoxy) is 3. The average Bonchev–Trinajstić information content (AvgIpc) is 3.20. The Morgan fingerprint density at radius 3 is 2.20 bits per heavy atom. The molecule has 1 aliphatic rings. The molecule has 0 radical (unpaired) electrons. The highest BCUT2D eigenvalue weighted by molar-refractivity contribution is 5.75. The average molecular weight is 420 g/mol. The Morgan fingerprint density at radius 2 is 1.60 bits per heavy atom. The van der Waals surface area contributed by atoms with Gasteiger partial charge in [-0.05, 0) is 25.0 Å². The molecule has 162 valence electrons. The molecular weight excluding hydrogens is 394 g/mol. The van der Waals surface area contributed by atoms with Gasteiger partial charge in [0.25, 0.3) is 0 Å². The fourth-order valence-corrected chi connectivity index (χ4v) is 3.99. The van der Waals surface area contributed by atoms with Gasteiger partial charge in [-0.2, -0.15) is 0 Å². The maximum atomic E-state index is 14.4. The van der Waals surface area contributed by atoms with Gasteiger partial charge < -0.3 is 24.8 Å². The number of halogens is 2. The summed E-state index contributed by atoms with van der Waals surface area (Å²) in [6, 6.07) is 6.43. The third-order valence-electron chi connectivity index (χ3n) is 5.48. The van der Waals surface area contributed by atoms with Crippen molar-refractivity contribution in [3.05, 3.63) is 53.1 Å². The molecule has 30 heavy (non-hydrogen) atoms. The summed E-state index contributed by atoms with van der Waals surface area (Å²) in [6.07, 6.45) is 2.87. The molecule has 0 spiro atoms. The van der Waals surface area contributed by atoms with Gasteiger partial charge in [-0.15, -0.1) is 0 Å². The predicted molar refractivity (Wildman–Crippen MR) is 108 cm³/mol. The van der Waals surface area contributed by atoms with E-state index in [0.717, 1.165) is 18.9 Å². The minimum absolute atomic E-state index is 0.164. The molecule has 1 fully saturated rings. The highest BCUT2D eigenvalue weighted by atomic mass is 19.1. The van der Waals surface area contributed by atoms with Crippen LogP contribution < -0.4 is 24.8 Å². The summed E-state index contributed by atoms with van der Waals surface area (Å²) in [5.41, 5.74) is 0.141. The van der Waals surface area contributed by atoms with Crippen LogP contribution in [0.1, 0.15) is 36.8 Å². The number of carbonyl (C=O) groups excluding carboxylic acids is 1. The summed E-state index contributed by atoms with van der Waals surface area (Å²) < 4.78 is 43.7. The van der Waals surface area contributed by atoms with Gasteiger partial charge in [0.1, 0.15) is 17.4 Å². The first kappa shape index (κ1) is 21.7. The van der Waals surface area contributed by atoms with Gasteiger partial charge in [-0.1, -0.05) is 18.9 Å². The van der Waals surface area contributed by atoms with Crippen LogP contribution in [0.25, 0.3) is 0 Å². The number of rotatable bonds is 7. The Balaban J connectivity index is 1.76. The van der Waals surface area contributed by atoms with Crippen LogP contribution in [0.2, 0.25) is 0 Å². The molecular formula is C22H26F2N2O4. The number of amides is 2. The summed E-state index contributed by atoms with van der Waals surface area (Å²) in [4.78, 5) is 12.7. The zero-order valence-electron chi connectivity index (χ0n) is 17.3. The zero-order valence-corrected chi connectivity index (χ0v) is 17.3. The van der Waals surface area contributed by atoms with E-state index in [1.165, 1.54) is 33.5 Å². The molecule has 2 N–H and O–H groups in total. The van der Waals surface area contributed by atoms with Gasteiger partial charge in [-0.25, -0.2) is 13.6 Å². The standard InChI is InChI=1S/C22H26F2N2O4/c1-28-18-12-20(30-3)19(29-2)10-14(18)13-25-21(27)26-22(8-4-5-9-22)16-7-6-15(23)11-17(16)24/h6-7,10-12H,4-5,8-9,13H2,1-3H3,(H2,25,26,27). The van der Waals surface area contributed by atoms with Crippen molar-refractivity contribution in [2.24, 2.45) is 0 Å². The van der Waals surface area contributed by atoms with Crippen molar-refractivity contribution < 1.29 is 27.8 Å². The fourth-order valence-electron chi connectivity index (χ4n) is 3.99. The molecule has 2 amide bonds. The van der Waals surface area contributed by atoms with Crippen molar-refractivity contribution >= 4 is 6.03 Å². The number of benzene rings is 2. The second-order valence-electron chi connectivity index (χ2n) is 7.24. The first-order valence-corrected chi connectivity index (χ1v) is 9.73. The van der Waals surface area contributed by atoms with Crippen LogP contribution >= 0.6 is 0 Å². The van der Waals surface area contributed by atoms with E-state index in [-0.39, 0.29) is 6.54 Å². The van der Waals surface area contributed by atoms with Crippen molar-refractivity contribution in [3.8, 4) is 17.2 Å². The van der Waals surface area contributed by atoms with E-state index in [1.807, 2.05) is 0 Å². The van der Waals surface area contributed by atoms with Crippen LogP contribution in [-0.2, 0) is 12.1 Å². The molecule has 8 heteroatoms. The quantitative estimate of drug-likeness (QED) is 0.702. The molecule has 0 heterocycles. The van der Waals surface area contributed by atoms with Crippen molar-refractivity contribution in [1.82, 2.24) is 10.6 Å². The zero-order chi connectivity index (χ0) is 21.7. The number of hydrogen-bond donors (Lipinski definition) is 2. The van der Waals surface area contributed by atoms with E-state index in [2.05, 4.69) is 10.6 Å². The van der Waals surface area contributed by atoms with Gasteiger partial charge in [-0.3, -0.25) is 0 Å². The van der Waals surface area contributed by atoms with E-state index in [0.29, 0.717) is 41.2 Å². The normalized spacial score (nSPS) is 14.8. The summed E-state index contributed by atoms with van der Waals surface area (Å²) in [7, 11) is 4.57. The van der Waals surface area contributed by atoms with E-state index < -0.39 is 23.2 Å². The molecule has 0 atom stereocenters. The highest BCUT2D eigenvalue weighted by Crippen LogP contribution is 2.40. The fraction of sp³-hybridized carbons (Fsp3) is 0.409. The van der Waals surface area contributed by atoms with Crippen LogP contribution in [0, 0.1) is 11.6 Å². The Hall–Kier alpha value is -3.03. The largest absolute Gasteiger partial charge is 0.496 e. The van der Waals surface area contributed by atoms with Crippen LogP contribution in [0.3, 0.4) is 0 Å². The third kappa shape index (κ3) is 4.42. The molecule has 6 nitrogen and oxygen atoms in total. The molecule has 1 saturated carbocycles. The number of carbonyl (C=O) groups is 1. The van der Waals surface area contributed by atoms with E-state index in [4.69, 9.17) is 14.2 Å². The van der Waals surface area contributed by atoms with Gasteiger partial charge in [0.2, 0.25) is 0 Å². The van der Waals surface area contributed by atoms with Crippen LogP contribution in [0.4, 0.5) is 13.6 Å². The van der Waals surface area contributed by atoms with Crippen molar-refractivity contribution in [2.75, 3.05) is 21.3 Å². The molecule has 0 unspecified atom stereocenters. The van der Waals surface area contributed by atoms with Gasteiger partial charge in [0, 0.05) is 29.8 Å². The maximum absolute atomic E-state index is 14.4. The Bertz CT molecular complexity index is 914. The first-order chi connectivity index (χ1) is 14.4. The summed E-state index contributed by atoms with van der Waals surface area (Å²) in [5, 5.41) is 5.71. The first-order valence-electron chi connectivity index (χ1n) is 9.73. The molecule has 0 saturated heterocycles. The molecule has 0 aliphatic heterocycles. The summed E-state index contributed by atoms with van der Waals surface area (Å²) in [6.45, 7) is 0.164. The van der Waals surface area contributed by atoms with Gasteiger partial charge >= 0.3 is 6.03 Å². The van der Waals surface area contributed by atoms with Gasteiger partial charge in [0.15, 0.2) is 11.5 Å². The lowest BCUT2D eigenvalue weighted by atomic mass is 9.87. The van der Waals surface area contributed by atoms with Crippen LogP contribution in [0.15, 0.2) is 30.3 Å². The molecule has 2 aromatic carbocycles. The van der Waals surface area contributed by atoms with Crippen molar-refractivity contribution in [3.63, 3.8) is 0 Å². The molecule has 1 aliphatic carbocycles. The number of nitrogens with one attached hydrogen (secondary N) is 2. The van der Waals surface area contributed by atoms with Crippen LogP contribution in [0.5, 0.6) is 17.2 Å². The topological polar surface area (TPSA) is 68.8 Å². The van der Waals surface area contributed by atoms with Crippen LogP contribution in [-0.4, -0.2) is 27.4 Å². The maximum Gasteiger partial charge on any atom is 0.315 e. The number of methoxy groups -OCH3 is 3. The second-order valence-corrected chi connectivity index (χ2v) is 7.24. The lowest BCUT2D eigenvalue weighted by Crippen LogP contribution is -2.48. The SMILES string of the molecule is COc1cc(OC)c(OC)cc1CNC(=O)NC1(c2ccc(F)cc2F)CCCC1. The minimum Gasteiger partial charge on any atom is -0.496 e. The van der Waals surface area contributed by atoms with Crippen molar-refractivity contribution in [2.45, 2.75) is 37.8 Å². The minimum atomic E-state index is -0.858. The highest BCUT2D eigenvalue weighted by Gasteiger charge is 2.39. The van der Waals surface area contributed by atoms with E-state index in [9.17, 15) is 13.6 Å². The number of hydrogen-bond acceptors (Lipinski definition) is 4. The Kier molecular flexibility index (Phi) is 6.64. The van der Waals surface area contributed by atoms with E-state index >= 15 is 0 Å². The number of urea groups is 1. The Morgan fingerprint density at radius 1 is 0.967 bits per heavy atom. The van der Waals surface area contributed by atoms with E-state index in [1.54, 1.807) is 12.1 Å². The molecule has 0 aromatic heterocycles. The molecule has 3 rings (SSSR count). The third-order valence-corrected chi connectivity index (χ3v) is 5.48. The molecule has 2 aromatic rings. The lowest BCUT2D eigenvalue weighted by molar-refractivity contribution is 0.223. The second kappa shape index (κ2) is 9.19. The molecule has 0 bridgehead atoms.